The lowest BCUT2D eigenvalue weighted by atomic mass is 9.99. The highest BCUT2D eigenvalue weighted by Crippen LogP contribution is 2.36. The van der Waals surface area contributed by atoms with Crippen molar-refractivity contribution in [3.63, 3.8) is 0 Å². The van der Waals surface area contributed by atoms with Gasteiger partial charge in [-0.2, -0.15) is 0 Å². The summed E-state index contributed by atoms with van der Waals surface area (Å²) in [4.78, 5) is 8.49. The summed E-state index contributed by atoms with van der Waals surface area (Å²) in [5.74, 6) is 0.755. The van der Waals surface area contributed by atoms with Crippen LogP contribution in [0.15, 0.2) is 31.0 Å². The monoisotopic (exact) mass is 256 g/mol. The highest BCUT2D eigenvalue weighted by atomic mass is 15.1. The maximum absolute atomic E-state index is 6.05. The lowest BCUT2D eigenvalue weighted by Crippen LogP contribution is -2.14. The fourth-order valence-corrected chi connectivity index (χ4v) is 3.12. The number of nitrogens with zero attached hydrogens (tertiary/aromatic N) is 3. The topological polar surface area (TPSA) is 56.7 Å². The molecule has 2 aromatic heterocycles. The average molecular weight is 256 g/mol. The maximum Gasteiger partial charge on any atom is 0.0953 e. The molecule has 19 heavy (non-hydrogen) atoms. The summed E-state index contributed by atoms with van der Waals surface area (Å²) in [6.07, 6.45) is 12.7. The van der Waals surface area contributed by atoms with E-state index < -0.39 is 0 Å². The molecule has 4 nitrogen and oxygen atoms in total. The van der Waals surface area contributed by atoms with Crippen LogP contribution in [0.3, 0.4) is 0 Å². The molecule has 1 aliphatic rings. The number of hydrogen-bond acceptors (Lipinski definition) is 3. The smallest absolute Gasteiger partial charge is 0.0953 e. The van der Waals surface area contributed by atoms with Crippen LogP contribution in [-0.4, -0.2) is 14.5 Å². The Morgan fingerprint density at radius 2 is 2.05 bits per heavy atom. The summed E-state index contributed by atoms with van der Waals surface area (Å²) < 4.78 is 2.25. The molecular weight excluding hydrogens is 236 g/mol. The molecular formula is C15H20N4. The number of nitrogens with two attached hydrogens (primary N) is 1. The van der Waals surface area contributed by atoms with Crippen molar-refractivity contribution in [2.75, 3.05) is 5.73 Å². The van der Waals surface area contributed by atoms with E-state index in [1.165, 1.54) is 25.7 Å². The first-order valence-corrected chi connectivity index (χ1v) is 6.99. The third kappa shape index (κ3) is 2.23. The first-order chi connectivity index (χ1) is 9.27. The van der Waals surface area contributed by atoms with Crippen LogP contribution in [0, 0.1) is 5.92 Å². The number of rotatable bonds is 3. The van der Waals surface area contributed by atoms with Gasteiger partial charge in [-0.15, -0.1) is 0 Å². The lowest BCUT2D eigenvalue weighted by molar-refractivity contribution is 0.363. The molecule has 0 amide bonds. The fourth-order valence-electron chi connectivity index (χ4n) is 3.12. The van der Waals surface area contributed by atoms with E-state index >= 15 is 0 Å². The van der Waals surface area contributed by atoms with Crippen LogP contribution in [0.4, 0.5) is 5.69 Å². The largest absolute Gasteiger partial charge is 0.398 e. The van der Waals surface area contributed by atoms with E-state index in [1.54, 1.807) is 6.20 Å². The summed E-state index contributed by atoms with van der Waals surface area (Å²) in [6.45, 7) is 2.29. The van der Waals surface area contributed by atoms with Crippen molar-refractivity contribution in [2.24, 2.45) is 5.92 Å². The summed E-state index contributed by atoms with van der Waals surface area (Å²) in [5, 5.41) is 0. The second-order valence-corrected chi connectivity index (χ2v) is 5.43. The third-order valence-corrected chi connectivity index (χ3v) is 4.32. The zero-order valence-electron chi connectivity index (χ0n) is 11.3. The molecule has 0 radical (unpaired) electrons. The minimum atomic E-state index is 0.472. The van der Waals surface area contributed by atoms with Gasteiger partial charge in [0.15, 0.2) is 0 Å². The van der Waals surface area contributed by atoms with Gasteiger partial charge < -0.3 is 10.3 Å². The number of imidazole rings is 1. The Labute approximate surface area is 113 Å². The van der Waals surface area contributed by atoms with Crippen LogP contribution in [-0.2, 0) is 0 Å². The minimum absolute atomic E-state index is 0.472. The number of hydrogen-bond donors (Lipinski definition) is 1. The van der Waals surface area contributed by atoms with Gasteiger partial charge in [0.05, 0.1) is 18.2 Å². The van der Waals surface area contributed by atoms with Crippen molar-refractivity contribution in [2.45, 2.75) is 38.6 Å². The van der Waals surface area contributed by atoms with Gasteiger partial charge >= 0.3 is 0 Å². The Morgan fingerprint density at radius 1 is 1.26 bits per heavy atom. The molecule has 1 aliphatic carbocycles. The molecule has 3 rings (SSSR count). The highest BCUT2D eigenvalue weighted by Gasteiger charge is 2.24. The van der Waals surface area contributed by atoms with Gasteiger partial charge in [0.2, 0.25) is 0 Å². The van der Waals surface area contributed by atoms with E-state index in [2.05, 4.69) is 21.5 Å². The SMILES string of the molecule is CC(C1CCCC1)n1cncc1-c1cnccc1N. The number of nitrogen functional groups attached to an aromatic ring is 1. The van der Waals surface area contributed by atoms with Crippen molar-refractivity contribution in [1.29, 1.82) is 0 Å². The highest BCUT2D eigenvalue weighted by molar-refractivity contribution is 5.72. The van der Waals surface area contributed by atoms with E-state index in [0.717, 1.165) is 22.9 Å². The Balaban J connectivity index is 1.96. The molecule has 0 spiro atoms. The van der Waals surface area contributed by atoms with Gasteiger partial charge in [0, 0.05) is 29.7 Å². The molecule has 1 unspecified atom stereocenters. The zero-order chi connectivity index (χ0) is 13.2. The number of anilines is 1. The molecule has 0 aromatic carbocycles. The normalized spacial score (nSPS) is 17.7. The molecule has 2 N–H and O–H groups in total. The summed E-state index contributed by atoms with van der Waals surface area (Å²) in [5.41, 5.74) is 8.86. The Hall–Kier alpha value is -1.84. The van der Waals surface area contributed by atoms with Crippen LogP contribution >= 0.6 is 0 Å². The van der Waals surface area contributed by atoms with Gasteiger partial charge in [-0.05, 0) is 31.7 Å². The van der Waals surface area contributed by atoms with Crippen LogP contribution in [0.25, 0.3) is 11.3 Å². The minimum Gasteiger partial charge on any atom is -0.398 e. The van der Waals surface area contributed by atoms with Crippen molar-refractivity contribution in [3.05, 3.63) is 31.0 Å². The quantitative estimate of drug-likeness (QED) is 0.916. The van der Waals surface area contributed by atoms with Crippen LogP contribution in [0.5, 0.6) is 0 Å². The molecule has 1 saturated carbocycles. The van der Waals surface area contributed by atoms with E-state index in [0.29, 0.717) is 6.04 Å². The summed E-state index contributed by atoms with van der Waals surface area (Å²) in [6, 6.07) is 2.31. The molecule has 0 aliphatic heterocycles. The third-order valence-electron chi connectivity index (χ3n) is 4.32. The first-order valence-electron chi connectivity index (χ1n) is 6.99. The predicted molar refractivity (Wildman–Crippen MR) is 76.5 cm³/mol. The van der Waals surface area contributed by atoms with Crippen LogP contribution < -0.4 is 5.73 Å². The predicted octanol–water partition coefficient (Wildman–Crippen LogP) is 3.28. The van der Waals surface area contributed by atoms with Crippen molar-refractivity contribution < 1.29 is 0 Å². The second kappa shape index (κ2) is 5.03. The molecule has 0 saturated heterocycles. The molecule has 0 bridgehead atoms. The zero-order valence-corrected chi connectivity index (χ0v) is 11.3. The Kier molecular flexibility index (Phi) is 3.23. The van der Waals surface area contributed by atoms with Gasteiger partial charge in [-0.1, -0.05) is 12.8 Å². The summed E-state index contributed by atoms with van der Waals surface area (Å²) in [7, 11) is 0. The number of pyridine rings is 1. The van der Waals surface area contributed by atoms with Crippen molar-refractivity contribution in [3.8, 4) is 11.3 Å². The van der Waals surface area contributed by atoms with Gasteiger partial charge in [0.1, 0.15) is 0 Å². The standard InChI is InChI=1S/C15H20N4/c1-11(12-4-2-3-5-12)19-10-18-9-15(19)13-8-17-7-6-14(13)16/h6-12H,2-5H2,1H3,(H2,16,17). The molecule has 1 atom stereocenters. The molecule has 4 heteroatoms. The Bertz CT molecular complexity index is 555. The van der Waals surface area contributed by atoms with Crippen molar-refractivity contribution >= 4 is 5.69 Å². The average Bonchev–Trinajstić information content (AvgIpc) is 3.10. The van der Waals surface area contributed by atoms with Crippen LogP contribution in [0.2, 0.25) is 0 Å². The molecule has 2 aromatic rings. The first kappa shape index (κ1) is 12.2. The van der Waals surface area contributed by atoms with Gasteiger partial charge in [-0.25, -0.2) is 4.98 Å². The second-order valence-electron chi connectivity index (χ2n) is 5.43. The number of aromatic nitrogens is 3. The van der Waals surface area contributed by atoms with E-state index in [1.807, 2.05) is 24.8 Å². The van der Waals surface area contributed by atoms with Crippen LogP contribution in [0.1, 0.15) is 38.6 Å². The molecule has 1 fully saturated rings. The van der Waals surface area contributed by atoms with Gasteiger partial charge in [0.25, 0.3) is 0 Å². The van der Waals surface area contributed by atoms with Gasteiger partial charge in [-0.3, -0.25) is 4.98 Å². The maximum atomic E-state index is 6.05. The Morgan fingerprint density at radius 3 is 2.79 bits per heavy atom. The summed E-state index contributed by atoms with van der Waals surface area (Å²) >= 11 is 0. The van der Waals surface area contributed by atoms with E-state index in [9.17, 15) is 0 Å². The lowest BCUT2D eigenvalue weighted by Gasteiger charge is -2.23. The molecule has 100 valence electrons. The fraction of sp³-hybridized carbons (Fsp3) is 0.467. The van der Waals surface area contributed by atoms with E-state index in [-0.39, 0.29) is 0 Å². The van der Waals surface area contributed by atoms with E-state index in [4.69, 9.17) is 5.73 Å². The molecule has 2 heterocycles. The van der Waals surface area contributed by atoms with Crippen molar-refractivity contribution in [1.82, 2.24) is 14.5 Å².